The number of nitrogens with one attached hydrogen (secondary N) is 1. The van der Waals surface area contributed by atoms with Crippen LogP contribution in [0.1, 0.15) is 24.5 Å². The number of carbonyl (C=O) groups is 1. The predicted octanol–water partition coefficient (Wildman–Crippen LogP) is 1.93. The molecule has 0 saturated heterocycles. The Labute approximate surface area is 158 Å². The first-order valence-electron chi connectivity index (χ1n) is 8.46. The highest BCUT2D eigenvalue weighted by Gasteiger charge is 2.17. The van der Waals surface area contributed by atoms with Gasteiger partial charge in [-0.1, -0.05) is 18.2 Å². The molecule has 0 aliphatic carbocycles. The van der Waals surface area contributed by atoms with Crippen LogP contribution in [-0.2, 0) is 11.3 Å². The first-order chi connectivity index (χ1) is 13.0. The van der Waals surface area contributed by atoms with Gasteiger partial charge in [0.1, 0.15) is 12.4 Å². The van der Waals surface area contributed by atoms with Crippen molar-refractivity contribution in [2.45, 2.75) is 26.4 Å². The van der Waals surface area contributed by atoms with Gasteiger partial charge in [0.25, 0.3) is 0 Å². The molecule has 8 nitrogen and oxygen atoms in total. The van der Waals surface area contributed by atoms with E-state index in [1.807, 2.05) is 47.3 Å². The lowest BCUT2D eigenvalue weighted by atomic mass is 10.2. The van der Waals surface area contributed by atoms with E-state index in [-0.39, 0.29) is 24.2 Å². The van der Waals surface area contributed by atoms with E-state index in [0.29, 0.717) is 11.5 Å². The third-order valence-electron chi connectivity index (χ3n) is 4.28. The lowest BCUT2D eigenvalue weighted by molar-refractivity contribution is -0.122. The van der Waals surface area contributed by atoms with Crippen LogP contribution in [0.25, 0.3) is 10.6 Å². The van der Waals surface area contributed by atoms with Crippen molar-refractivity contribution >= 4 is 22.2 Å². The van der Waals surface area contributed by atoms with Crippen LogP contribution in [0.2, 0.25) is 0 Å². The molecule has 0 radical (unpaired) electrons. The topological polar surface area (TPSA) is 86.2 Å². The maximum atomic E-state index is 12.6. The molecule has 0 saturated carbocycles. The zero-order valence-corrected chi connectivity index (χ0v) is 15.7. The molecule has 9 heteroatoms. The lowest BCUT2D eigenvalue weighted by Crippen LogP contribution is -2.34. The largest absolute Gasteiger partial charge is 0.351 e. The Hall–Kier alpha value is -3.20. The summed E-state index contributed by atoms with van der Waals surface area (Å²) in [6, 6.07) is 8.87. The number of aryl methyl sites for hydroxylation is 1. The molecule has 1 N–H and O–H groups in total. The van der Waals surface area contributed by atoms with Gasteiger partial charge >= 0.3 is 5.69 Å². The van der Waals surface area contributed by atoms with Crippen LogP contribution in [0.4, 0.5) is 0 Å². The van der Waals surface area contributed by atoms with E-state index < -0.39 is 0 Å². The standard InChI is InChI=1S/C18H18N6O2S/c1-12(15-10-22-8-9-27-17(22)20-15)19-16(25)11-23-13(2)21-24(18(23)26)14-6-4-3-5-7-14/h3-10,12H,11H2,1-2H3,(H,19,25)/t12-/m0/s1. The Bertz CT molecular complexity index is 1130. The summed E-state index contributed by atoms with van der Waals surface area (Å²) in [6.45, 7) is 3.48. The Kier molecular flexibility index (Phi) is 4.36. The minimum Gasteiger partial charge on any atom is -0.346 e. The third-order valence-corrected chi connectivity index (χ3v) is 5.05. The quantitative estimate of drug-likeness (QED) is 0.571. The number of carbonyl (C=O) groups excluding carboxylic acids is 1. The van der Waals surface area contributed by atoms with Crippen molar-refractivity contribution in [3.63, 3.8) is 0 Å². The fraction of sp³-hybridized carbons (Fsp3) is 0.222. The van der Waals surface area contributed by atoms with E-state index in [1.165, 1.54) is 20.6 Å². The number of hydrogen-bond acceptors (Lipinski definition) is 5. The molecule has 1 aromatic carbocycles. The number of rotatable bonds is 5. The first-order valence-corrected chi connectivity index (χ1v) is 9.34. The number of aromatic nitrogens is 5. The smallest absolute Gasteiger partial charge is 0.346 e. The minimum absolute atomic E-state index is 0.0932. The van der Waals surface area contributed by atoms with Crippen LogP contribution in [0.5, 0.6) is 0 Å². The van der Waals surface area contributed by atoms with E-state index >= 15 is 0 Å². The van der Waals surface area contributed by atoms with Crippen molar-refractivity contribution in [1.29, 1.82) is 0 Å². The highest BCUT2D eigenvalue weighted by molar-refractivity contribution is 7.15. The molecular formula is C18H18N6O2S. The van der Waals surface area contributed by atoms with E-state index in [1.54, 1.807) is 19.1 Å². The van der Waals surface area contributed by atoms with Gasteiger partial charge in [-0.2, -0.15) is 9.78 Å². The van der Waals surface area contributed by atoms with Crippen molar-refractivity contribution < 1.29 is 4.79 Å². The summed E-state index contributed by atoms with van der Waals surface area (Å²) >= 11 is 1.53. The van der Waals surface area contributed by atoms with Gasteiger partial charge in [-0.25, -0.2) is 9.78 Å². The van der Waals surface area contributed by atoms with Crippen molar-refractivity contribution in [3.8, 4) is 5.69 Å². The number of nitrogens with zero attached hydrogens (tertiary/aromatic N) is 5. The molecule has 3 heterocycles. The summed E-state index contributed by atoms with van der Waals surface area (Å²) in [6.07, 6.45) is 3.81. The normalized spacial score (nSPS) is 12.4. The van der Waals surface area contributed by atoms with Crippen LogP contribution in [0.3, 0.4) is 0 Å². The molecule has 0 bridgehead atoms. The molecule has 1 amide bonds. The lowest BCUT2D eigenvalue weighted by Gasteiger charge is -2.11. The van der Waals surface area contributed by atoms with Gasteiger partial charge in [-0.3, -0.25) is 13.8 Å². The molecule has 0 fully saturated rings. The fourth-order valence-corrected chi connectivity index (χ4v) is 3.58. The van der Waals surface area contributed by atoms with Crippen LogP contribution >= 0.6 is 11.3 Å². The Morgan fingerprint density at radius 1 is 1.30 bits per heavy atom. The van der Waals surface area contributed by atoms with Gasteiger partial charge in [-0.05, 0) is 26.0 Å². The molecule has 4 aromatic rings. The summed E-state index contributed by atoms with van der Waals surface area (Å²) in [4.78, 5) is 30.5. The van der Waals surface area contributed by atoms with E-state index in [9.17, 15) is 9.59 Å². The number of para-hydroxylation sites is 1. The maximum absolute atomic E-state index is 12.6. The van der Waals surface area contributed by atoms with E-state index in [4.69, 9.17) is 0 Å². The Morgan fingerprint density at radius 3 is 2.81 bits per heavy atom. The number of hydrogen-bond donors (Lipinski definition) is 1. The molecule has 0 aliphatic heterocycles. The molecule has 3 aromatic heterocycles. The van der Waals surface area contributed by atoms with E-state index in [0.717, 1.165) is 10.7 Å². The van der Waals surface area contributed by atoms with Gasteiger partial charge in [0.15, 0.2) is 4.96 Å². The van der Waals surface area contributed by atoms with Gasteiger partial charge in [0.05, 0.1) is 17.4 Å². The maximum Gasteiger partial charge on any atom is 0.351 e. The van der Waals surface area contributed by atoms with Crippen LogP contribution < -0.4 is 11.0 Å². The molecule has 0 unspecified atom stereocenters. The Morgan fingerprint density at radius 2 is 2.07 bits per heavy atom. The average Bonchev–Trinajstić information content (AvgIpc) is 3.32. The fourth-order valence-electron chi connectivity index (χ4n) is 2.87. The van der Waals surface area contributed by atoms with Crippen molar-refractivity contribution in [1.82, 2.24) is 29.0 Å². The van der Waals surface area contributed by atoms with Crippen LogP contribution in [-0.4, -0.2) is 29.6 Å². The minimum atomic E-state index is -0.344. The second-order valence-electron chi connectivity index (χ2n) is 6.21. The Balaban J connectivity index is 1.50. The number of amides is 1. The molecular weight excluding hydrogens is 364 g/mol. The van der Waals surface area contributed by atoms with E-state index in [2.05, 4.69) is 15.4 Å². The first kappa shape index (κ1) is 17.2. The molecule has 27 heavy (non-hydrogen) atoms. The molecule has 1 atom stereocenters. The van der Waals surface area contributed by atoms with Crippen LogP contribution in [0.15, 0.2) is 52.9 Å². The molecule has 0 spiro atoms. The number of fused-ring (bicyclic) bond motifs is 1. The monoisotopic (exact) mass is 382 g/mol. The van der Waals surface area contributed by atoms with Gasteiger partial charge < -0.3 is 5.32 Å². The summed E-state index contributed by atoms with van der Waals surface area (Å²) in [5.41, 5.74) is 1.10. The molecule has 4 rings (SSSR count). The highest BCUT2D eigenvalue weighted by Crippen LogP contribution is 2.16. The van der Waals surface area contributed by atoms with Gasteiger partial charge in [0.2, 0.25) is 5.91 Å². The highest BCUT2D eigenvalue weighted by atomic mass is 32.1. The molecule has 138 valence electrons. The van der Waals surface area contributed by atoms with Gasteiger partial charge in [0, 0.05) is 17.8 Å². The summed E-state index contributed by atoms with van der Waals surface area (Å²) < 4.78 is 4.58. The predicted molar refractivity (Wildman–Crippen MR) is 102 cm³/mol. The summed E-state index contributed by atoms with van der Waals surface area (Å²) in [5, 5.41) is 9.11. The van der Waals surface area contributed by atoms with Crippen molar-refractivity contribution in [2.75, 3.05) is 0 Å². The number of benzene rings is 1. The second kappa shape index (κ2) is 6.84. The average molecular weight is 382 g/mol. The second-order valence-corrected chi connectivity index (χ2v) is 7.08. The number of thiazole rings is 1. The summed E-state index contributed by atoms with van der Waals surface area (Å²) in [5.74, 6) is 0.214. The van der Waals surface area contributed by atoms with Crippen molar-refractivity contribution in [2.24, 2.45) is 0 Å². The van der Waals surface area contributed by atoms with Crippen molar-refractivity contribution in [3.05, 3.63) is 70.1 Å². The SMILES string of the molecule is Cc1nn(-c2ccccc2)c(=O)n1CC(=O)N[C@@H](C)c1cn2ccsc2n1. The number of imidazole rings is 1. The zero-order chi connectivity index (χ0) is 19.0. The van der Waals surface area contributed by atoms with Gasteiger partial charge in [-0.15, -0.1) is 11.3 Å². The molecule has 0 aliphatic rings. The zero-order valence-electron chi connectivity index (χ0n) is 14.9. The summed E-state index contributed by atoms with van der Waals surface area (Å²) in [7, 11) is 0. The van der Waals surface area contributed by atoms with Crippen LogP contribution in [0, 0.1) is 6.92 Å². The third kappa shape index (κ3) is 3.28.